The van der Waals surface area contributed by atoms with E-state index in [2.05, 4.69) is 20.9 Å². The van der Waals surface area contributed by atoms with Crippen molar-refractivity contribution in [3.05, 3.63) is 24.3 Å². The van der Waals surface area contributed by atoms with Gasteiger partial charge in [-0.25, -0.2) is 17.9 Å². The molecule has 2 rings (SSSR count). The quantitative estimate of drug-likeness (QED) is 0.492. The molecule has 1 aliphatic rings. The lowest BCUT2D eigenvalue weighted by atomic mass is 10.2. The van der Waals surface area contributed by atoms with Gasteiger partial charge in [0.1, 0.15) is 5.60 Å². The van der Waals surface area contributed by atoms with Crippen LogP contribution in [-0.2, 0) is 19.6 Å². The van der Waals surface area contributed by atoms with Crippen LogP contribution in [0.3, 0.4) is 0 Å². The zero-order valence-electron chi connectivity index (χ0n) is 15.7. The third-order valence-electron chi connectivity index (χ3n) is 3.43. The lowest BCUT2D eigenvalue weighted by Crippen LogP contribution is -2.36. The molecule has 0 atom stereocenters. The smallest absolute Gasteiger partial charge is 0.407 e. The largest absolute Gasteiger partial charge is 0.444 e. The van der Waals surface area contributed by atoms with Crippen LogP contribution in [0.15, 0.2) is 29.2 Å². The molecule has 27 heavy (non-hydrogen) atoms. The van der Waals surface area contributed by atoms with E-state index in [4.69, 9.17) is 4.74 Å². The second-order valence-electron chi connectivity index (χ2n) is 7.27. The van der Waals surface area contributed by atoms with Gasteiger partial charge in [-0.1, -0.05) is 0 Å². The van der Waals surface area contributed by atoms with E-state index in [1.54, 1.807) is 32.9 Å². The highest BCUT2D eigenvalue weighted by Crippen LogP contribution is 2.22. The number of benzene rings is 1. The zero-order chi connectivity index (χ0) is 20.1. The summed E-state index contributed by atoms with van der Waals surface area (Å²) in [4.78, 5) is 23.4. The molecule has 1 aromatic carbocycles. The maximum atomic E-state index is 12.1. The molecule has 0 bridgehead atoms. The van der Waals surface area contributed by atoms with Crippen LogP contribution in [0.1, 0.15) is 40.0 Å². The monoisotopic (exact) mass is 398 g/mol. The molecule has 0 spiro atoms. The molecule has 4 N–H and O–H groups in total. The maximum absolute atomic E-state index is 12.1. The number of sulfonamides is 1. The van der Waals surface area contributed by atoms with Crippen LogP contribution in [0.4, 0.5) is 10.5 Å². The molecule has 1 aliphatic carbocycles. The molecule has 2 amide bonds. The fraction of sp³-hybridized carbons (Fsp3) is 0.529. The molecule has 150 valence electrons. The second-order valence-corrected chi connectivity index (χ2v) is 8.99. The van der Waals surface area contributed by atoms with E-state index in [0.29, 0.717) is 5.69 Å². The molecule has 1 saturated carbocycles. The van der Waals surface area contributed by atoms with Gasteiger partial charge in [0, 0.05) is 19.0 Å². The Labute approximate surface area is 159 Å². The summed E-state index contributed by atoms with van der Waals surface area (Å²) in [5.41, 5.74) is 5.11. The Hall–Kier alpha value is -2.33. The first-order chi connectivity index (χ1) is 12.5. The van der Waals surface area contributed by atoms with E-state index in [0.717, 1.165) is 12.8 Å². The van der Waals surface area contributed by atoms with Crippen LogP contribution >= 0.6 is 0 Å². The van der Waals surface area contributed by atoms with Crippen molar-refractivity contribution in [3.8, 4) is 0 Å². The van der Waals surface area contributed by atoms with Crippen LogP contribution in [0.5, 0.6) is 0 Å². The highest BCUT2D eigenvalue weighted by atomic mass is 32.2. The first-order valence-electron chi connectivity index (χ1n) is 8.69. The molecule has 1 aromatic rings. The summed E-state index contributed by atoms with van der Waals surface area (Å²) < 4.78 is 31.8. The predicted octanol–water partition coefficient (Wildman–Crippen LogP) is 1.49. The minimum absolute atomic E-state index is 0.0429. The average Bonchev–Trinajstić information content (AvgIpc) is 3.35. The van der Waals surface area contributed by atoms with Crippen LogP contribution in [0.25, 0.3) is 0 Å². The summed E-state index contributed by atoms with van der Waals surface area (Å²) in [6.07, 6.45) is 1.21. The first-order valence-corrected chi connectivity index (χ1v) is 10.2. The number of carbonyl (C=O) groups excluding carboxylic acids is 2. The standard InChI is InChI=1S/C17H26N4O5S/c1-17(2,3)26-16(23)18-11-10-15(22)20-19-12-6-8-14(9-7-12)27(24,25)21-13-4-5-13/h6-9,13,19,21H,4-5,10-11H2,1-3H3,(H,18,23)(H,20,22). The molecule has 0 aromatic heterocycles. The third-order valence-corrected chi connectivity index (χ3v) is 4.97. The Morgan fingerprint density at radius 2 is 1.78 bits per heavy atom. The van der Waals surface area contributed by atoms with E-state index in [1.165, 1.54) is 12.1 Å². The molecule has 0 aliphatic heterocycles. The summed E-state index contributed by atoms with van der Waals surface area (Å²) in [6, 6.07) is 6.08. The number of hydrogen-bond donors (Lipinski definition) is 4. The Morgan fingerprint density at radius 1 is 1.15 bits per heavy atom. The number of amides is 2. The van der Waals surface area contributed by atoms with Gasteiger partial charge in [0.05, 0.1) is 10.6 Å². The maximum Gasteiger partial charge on any atom is 0.407 e. The summed E-state index contributed by atoms with van der Waals surface area (Å²) in [7, 11) is -3.50. The average molecular weight is 398 g/mol. The zero-order valence-corrected chi connectivity index (χ0v) is 16.5. The van der Waals surface area contributed by atoms with Gasteiger partial charge < -0.3 is 10.1 Å². The molecule has 0 radical (unpaired) electrons. The van der Waals surface area contributed by atoms with Crippen molar-refractivity contribution in [1.82, 2.24) is 15.5 Å². The predicted molar refractivity (Wildman–Crippen MR) is 100 cm³/mol. The fourth-order valence-electron chi connectivity index (χ4n) is 2.00. The lowest BCUT2D eigenvalue weighted by molar-refractivity contribution is -0.120. The number of ether oxygens (including phenoxy) is 1. The summed E-state index contributed by atoms with van der Waals surface area (Å²) in [6.45, 7) is 5.39. The van der Waals surface area contributed by atoms with Gasteiger partial charge in [-0.15, -0.1) is 0 Å². The van der Waals surface area contributed by atoms with Crippen molar-refractivity contribution in [2.24, 2.45) is 0 Å². The lowest BCUT2D eigenvalue weighted by Gasteiger charge is -2.19. The normalized spacial score (nSPS) is 14.3. The van der Waals surface area contributed by atoms with Crippen molar-refractivity contribution < 1.29 is 22.7 Å². The molecular formula is C17H26N4O5S. The first kappa shape index (κ1) is 21.0. The second kappa shape index (κ2) is 8.57. The van der Waals surface area contributed by atoms with Crippen molar-refractivity contribution >= 4 is 27.7 Å². The van der Waals surface area contributed by atoms with Crippen molar-refractivity contribution in [2.75, 3.05) is 12.0 Å². The van der Waals surface area contributed by atoms with E-state index in [9.17, 15) is 18.0 Å². The van der Waals surface area contributed by atoms with Gasteiger partial charge in [-0.2, -0.15) is 0 Å². The van der Waals surface area contributed by atoms with Crippen molar-refractivity contribution in [2.45, 2.75) is 56.6 Å². The van der Waals surface area contributed by atoms with Crippen LogP contribution in [0, 0.1) is 0 Å². The van der Waals surface area contributed by atoms with Gasteiger partial charge >= 0.3 is 6.09 Å². The van der Waals surface area contributed by atoms with Crippen LogP contribution < -0.4 is 20.9 Å². The van der Waals surface area contributed by atoms with E-state index < -0.39 is 21.7 Å². The van der Waals surface area contributed by atoms with Crippen LogP contribution in [0.2, 0.25) is 0 Å². The molecule has 0 heterocycles. The number of hydrogen-bond acceptors (Lipinski definition) is 6. The number of carbonyl (C=O) groups is 2. The number of alkyl carbamates (subject to hydrolysis) is 1. The Kier molecular flexibility index (Phi) is 6.66. The van der Waals surface area contributed by atoms with Gasteiger partial charge in [-0.05, 0) is 57.9 Å². The molecule has 9 nitrogen and oxygen atoms in total. The highest BCUT2D eigenvalue weighted by Gasteiger charge is 2.27. The van der Waals surface area contributed by atoms with E-state index >= 15 is 0 Å². The number of hydrazine groups is 1. The van der Waals surface area contributed by atoms with Crippen molar-refractivity contribution in [3.63, 3.8) is 0 Å². The highest BCUT2D eigenvalue weighted by molar-refractivity contribution is 7.89. The molecule has 1 fully saturated rings. The fourth-order valence-corrected chi connectivity index (χ4v) is 3.31. The molecular weight excluding hydrogens is 372 g/mol. The molecule has 0 unspecified atom stereocenters. The summed E-state index contributed by atoms with van der Waals surface area (Å²) in [5, 5.41) is 2.49. The van der Waals surface area contributed by atoms with Crippen LogP contribution in [-0.4, -0.2) is 38.6 Å². The number of anilines is 1. The van der Waals surface area contributed by atoms with Gasteiger partial charge in [0.2, 0.25) is 15.9 Å². The minimum Gasteiger partial charge on any atom is -0.444 e. The SMILES string of the molecule is CC(C)(C)OC(=O)NCCC(=O)NNc1ccc(S(=O)(=O)NC2CC2)cc1. The van der Waals surface area contributed by atoms with Gasteiger partial charge in [0.15, 0.2) is 0 Å². The Balaban J connectivity index is 1.71. The van der Waals surface area contributed by atoms with E-state index in [1.807, 2.05) is 0 Å². The van der Waals surface area contributed by atoms with Gasteiger partial charge in [-0.3, -0.25) is 15.6 Å². The molecule has 0 saturated heterocycles. The number of rotatable bonds is 8. The third kappa shape index (κ3) is 7.83. The topological polar surface area (TPSA) is 126 Å². The minimum atomic E-state index is -3.50. The molecule has 10 heteroatoms. The van der Waals surface area contributed by atoms with Crippen molar-refractivity contribution in [1.29, 1.82) is 0 Å². The Morgan fingerprint density at radius 3 is 2.33 bits per heavy atom. The summed E-state index contributed by atoms with van der Waals surface area (Å²) >= 11 is 0. The van der Waals surface area contributed by atoms with Gasteiger partial charge in [0.25, 0.3) is 0 Å². The summed E-state index contributed by atoms with van der Waals surface area (Å²) in [5.74, 6) is -0.335. The van der Waals surface area contributed by atoms with E-state index in [-0.39, 0.29) is 29.8 Å². The number of nitrogens with one attached hydrogen (secondary N) is 4. The Bertz CT molecular complexity index is 768.